The van der Waals surface area contributed by atoms with Gasteiger partial charge in [-0.15, -0.1) is 0 Å². The molecule has 0 bridgehead atoms. The van der Waals surface area contributed by atoms with Gasteiger partial charge in [-0.25, -0.2) is 4.79 Å². The summed E-state index contributed by atoms with van der Waals surface area (Å²) in [5.74, 6) is -0.483. The predicted octanol–water partition coefficient (Wildman–Crippen LogP) is 1.13. The molecule has 2 rings (SSSR count). The Morgan fingerprint density at radius 3 is 2.94 bits per heavy atom. The quantitative estimate of drug-likeness (QED) is 0.751. The van der Waals surface area contributed by atoms with Gasteiger partial charge in [-0.1, -0.05) is 0 Å². The van der Waals surface area contributed by atoms with Gasteiger partial charge in [0.15, 0.2) is 0 Å². The van der Waals surface area contributed by atoms with E-state index in [1.54, 1.807) is 6.07 Å². The molecule has 0 aliphatic carbocycles. The van der Waals surface area contributed by atoms with Crippen molar-refractivity contribution in [1.29, 1.82) is 0 Å². The highest BCUT2D eigenvalue weighted by molar-refractivity contribution is 5.89. The maximum atomic E-state index is 10.7. The third kappa shape index (κ3) is 2.25. The van der Waals surface area contributed by atoms with Crippen LogP contribution in [0.2, 0.25) is 0 Å². The Bertz CT molecular complexity index is 399. The number of anilines is 1. The van der Waals surface area contributed by atoms with Crippen molar-refractivity contribution in [1.82, 2.24) is 0 Å². The second kappa shape index (κ2) is 4.40. The van der Waals surface area contributed by atoms with Crippen molar-refractivity contribution in [2.24, 2.45) is 0 Å². The van der Waals surface area contributed by atoms with Gasteiger partial charge in [0.25, 0.3) is 0 Å². The maximum Gasteiger partial charge on any atom is 0.335 e. The monoisotopic (exact) mass is 223 g/mol. The van der Waals surface area contributed by atoms with Gasteiger partial charge >= 0.3 is 5.97 Å². The lowest BCUT2D eigenvalue weighted by atomic mass is 10.2. The topological polar surface area (TPSA) is 81.8 Å². The number of nitrogens with two attached hydrogens (primary N) is 1. The van der Waals surface area contributed by atoms with E-state index >= 15 is 0 Å². The molecule has 0 amide bonds. The lowest BCUT2D eigenvalue weighted by Crippen LogP contribution is -2.16. The molecule has 1 aliphatic rings. The molecule has 1 aromatic carbocycles. The minimum atomic E-state index is -0.998. The highest BCUT2D eigenvalue weighted by Crippen LogP contribution is 2.25. The van der Waals surface area contributed by atoms with Crippen molar-refractivity contribution in [3.63, 3.8) is 0 Å². The molecule has 3 N–H and O–H groups in total. The van der Waals surface area contributed by atoms with E-state index in [9.17, 15) is 4.79 Å². The van der Waals surface area contributed by atoms with Gasteiger partial charge in [0.2, 0.25) is 0 Å². The first-order valence-electron chi connectivity index (χ1n) is 5.04. The largest absolute Gasteiger partial charge is 0.486 e. The van der Waals surface area contributed by atoms with Gasteiger partial charge in [0, 0.05) is 6.42 Å². The molecule has 0 aromatic heterocycles. The van der Waals surface area contributed by atoms with Gasteiger partial charge < -0.3 is 20.3 Å². The van der Waals surface area contributed by atoms with Crippen molar-refractivity contribution in [3.05, 3.63) is 23.8 Å². The summed E-state index contributed by atoms with van der Waals surface area (Å²) in [7, 11) is 0. The molecule has 1 heterocycles. The second-order valence-corrected chi connectivity index (χ2v) is 3.66. The number of carboxylic acids is 1. The zero-order valence-corrected chi connectivity index (χ0v) is 8.68. The number of nitrogen functional groups attached to an aromatic ring is 1. The molecule has 1 unspecified atom stereocenters. The van der Waals surface area contributed by atoms with Gasteiger partial charge in [0.05, 0.1) is 24.5 Å². The molecule has 1 atom stereocenters. The van der Waals surface area contributed by atoms with Gasteiger partial charge in [-0.2, -0.15) is 0 Å². The third-order valence-electron chi connectivity index (χ3n) is 2.44. The Morgan fingerprint density at radius 2 is 2.38 bits per heavy atom. The van der Waals surface area contributed by atoms with E-state index < -0.39 is 5.97 Å². The van der Waals surface area contributed by atoms with Crippen LogP contribution in [0.4, 0.5) is 5.69 Å². The summed E-state index contributed by atoms with van der Waals surface area (Å²) < 4.78 is 10.8. The van der Waals surface area contributed by atoms with Crippen LogP contribution in [0.5, 0.6) is 5.75 Å². The van der Waals surface area contributed by atoms with Crippen LogP contribution in [0, 0.1) is 0 Å². The van der Waals surface area contributed by atoms with E-state index in [0.29, 0.717) is 24.7 Å². The Morgan fingerprint density at radius 1 is 1.56 bits per heavy atom. The van der Waals surface area contributed by atoms with Crippen LogP contribution in [-0.4, -0.2) is 30.4 Å². The molecule has 1 aliphatic heterocycles. The van der Waals surface area contributed by atoms with Crippen molar-refractivity contribution >= 4 is 11.7 Å². The van der Waals surface area contributed by atoms with E-state index in [1.807, 2.05) is 0 Å². The van der Waals surface area contributed by atoms with Crippen LogP contribution in [0.1, 0.15) is 16.8 Å². The first-order valence-corrected chi connectivity index (χ1v) is 5.04. The number of hydrogen-bond acceptors (Lipinski definition) is 4. The van der Waals surface area contributed by atoms with E-state index in [-0.39, 0.29) is 11.7 Å². The molecular weight excluding hydrogens is 210 g/mol. The average Bonchev–Trinajstić information content (AvgIpc) is 2.73. The zero-order chi connectivity index (χ0) is 11.5. The summed E-state index contributed by atoms with van der Waals surface area (Å²) in [5.41, 5.74) is 6.21. The van der Waals surface area contributed by atoms with E-state index in [0.717, 1.165) is 6.42 Å². The fraction of sp³-hybridized carbons (Fsp3) is 0.364. The van der Waals surface area contributed by atoms with Crippen LogP contribution < -0.4 is 10.5 Å². The Balaban J connectivity index is 2.12. The van der Waals surface area contributed by atoms with Gasteiger partial charge in [-0.3, -0.25) is 0 Å². The zero-order valence-electron chi connectivity index (χ0n) is 8.68. The minimum Gasteiger partial charge on any atom is -0.486 e. The normalized spacial score (nSPS) is 19.6. The molecule has 0 spiro atoms. The number of ether oxygens (including phenoxy) is 2. The van der Waals surface area contributed by atoms with Gasteiger partial charge in [-0.05, 0) is 18.2 Å². The van der Waals surface area contributed by atoms with Crippen molar-refractivity contribution in [2.75, 3.05) is 18.9 Å². The highest BCUT2D eigenvalue weighted by atomic mass is 16.5. The standard InChI is InChI=1S/C11H13NO4/c12-9-5-7(11(13)14)1-2-10(9)16-8-3-4-15-6-8/h1-2,5,8H,3-4,6,12H2,(H,13,14). The Kier molecular flexibility index (Phi) is 2.96. The lowest BCUT2D eigenvalue weighted by Gasteiger charge is -2.13. The number of rotatable bonds is 3. The Hall–Kier alpha value is -1.75. The maximum absolute atomic E-state index is 10.7. The van der Waals surface area contributed by atoms with E-state index in [4.69, 9.17) is 20.3 Å². The summed E-state index contributed by atoms with van der Waals surface area (Å²) in [6, 6.07) is 4.45. The van der Waals surface area contributed by atoms with Crippen LogP contribution in [0.15, 0.2) is 18.2 Å². The van der Waals surface area contributed by atoms with Crippen molar-refractivity contribution in [2.45, 2.75) is 12.5 Å². The van der Waals surface area contributed by atoms with Crippen LogP contribution in [0.25, 0.3) is 0 Å². The number of aromatic carboxylic acids is 1. The van der Waals surface area contributed by atoms with Crippen LogP contribution >= 0.6 is 0 Å². The molecule has 5 heteroatoms. The molecule has 1 fully saturated rings. The summed E-state index contributed by atoms with van der Waals surface area (Å²) in [6.07, 6.45) is 0.845. The average molecular weight is 223 g/mol. The summed E-state index contributed by atoms with van der Waals surface area (Å²) in [5, 5.41) is 8.77. The van der Waals surface area contributed by atoms with Gasteiger partial charge in [0.1, 0.15) is 11.9 Å². The van der Waals surface area contributed by atoms with Crippen LogP contribution in [-0.2, 0) is 4.74 Å². The molecule has 1 aromatic rings. The predicted molar refractivity (Wildman–Crippen MR) is 57.7 cm³/mol. The first kappa shape index (κ1) is 10.8. The molecule has 5 nitrogen and oxygen atoms in total. The summed E-state index contributed by atoms with van der Waals surface area (Å²) >= 11 is 0. The fourth-order valence-corrected chi connectivity index (χ4v) is 1.57. The van der Waals surface area contributed by atoms with Crippen molar-refractivity contribution < 1.29 is 19.4 Å². The van der Waals surface area contributed by atoms with Crippen LogP contribution in [0.3, 0.4) is 0 Å². The van der Waals surface area contributed by atoms with E-state index in [1.165, 1.54) is 12.1 Å². The SMILES string of the molecule is Nc1cc(C(=O)O)ccc1OC1CCOC1. The van der Waals surface area contributed by atoms with Crippen molar-refractivity contribution in [3.8, 4) is 5.75 Å². The molecule has 16 heavy (non-hydrogen) atoms. The molecule has 1 saturated heterocycles. The Labute approximate surface area is 92.8 Å². The summed E-state index contributed by atoms with van der Waals surface area (Å²) in [4.78, 5) is 10.7. The minimum absolute atomic E-state index is 0.0120. The fourth-order valence-electron chi connectivity index (χ4n) is 1.57. The molecule has 86 valence electrons. The summed E-state index contributed by atoms with van der Waals surface area (Å²) in [6.45, 7) is 1.25. The number of carboxylic acid groups (broad SMARTS) is 1. The molecule has 0 saturated carbocycles. The smallest absolute Gasteiger partial charge is 0.335 e. The molecule has 0 radical (unpaired) electrons. The highest BCUT2D eigenvalue weighted by Gasteiger charge is 2.18. The van der Waals surface area contributed by atoms with E-state index in [2.05, 4.69) is 0 Å². The number of benzene rings is 1. The second-order valence-electron chi connectivity index (χ2n) is 3.66. The first-order chi connectivity index (χ1) is 7.66. The third-order valence-corrected chi connectivity index (χ3v) is 2.44. The number of hydrogen-bond donors (Lipinski definition) is 2. The number of carbonyl (C=O) groups is 1. The lowest BCUT2D eigenvalue weighted by molar-refractivity contribution is 0.0697. The molecular formula is C11H13NO4.